The highest BCUT2D eigenvalue weighted by molar-refractivity contribution is 5.60. The molecule has 0 aromatic heterocycles. The first kappa shape index (κ1) is 22.7. The molecule has 3 aromatic rings. The van der Waals surface area contributed by atoms with Crippen LogP contribution in [0.2, 0.25) is 0 Å². The minimum Gasteiger partial charge on any atom is -0.378 e. The summed E-state index contributed by atoms with van der Waals surface area (Å²) in [5.41, 5.74) is 11.8. The number of nitrogens with zero attached hydrogens (tertiary/aromatic N) is 3. The number of hydrogen-bond acceptors (Lipinski definition) is 3. The Morgan fingerprint density at radius 2 is 0.710 bits per heavy atom. The van der Waals surface area contributed by atoms with Crippen LogP contribution in [0.25, 0.3) is 0 Å². The predicted molar refractivity (Wildman–Crippen MR) is 137 cm³/mol. The zero-order chi connectivity index (χ0) is 22.9. The summed E-state index contributed by atoms with van der Waals surface area (Å²) in [5, 5.41) is 0. The lowest BCUT2D eigenvalue weighted by atomic mass is 9.79. The Labute approximate surface area is 188 Å². The van der Waals surface area contributed by atoms with E-state index >= 15 is 0 Å². The van der Waals surface area contributed by atoms with E-state index in [1.165, 1.54) is 50.4 Å². The van der Waals surface area contributed by atoms with Gasteiger partial charge in [-0.15, -0.1) is 0 Å². The van der Waals surface area contributed by atoms with Gasteiger partial charge >= 0.3 is 0 Å². The number of benzene rings is 3. The maximum Gasteiger partial charge on any atom is 0.0363 e. The third kappa shape index (κ3) is 4.71. The third-order valence-electron chi connectivity index (χ3n) is 6.24. The van der Waals surface area contributed by atoms with Gasteiger partial charge in [-0.1, -0.05) is 18.2 Å². The fourth-order valence-corrected chi connectivity index (χ4v) is 4.29. The Balaban J connectivity index is 2.23. The van der Waals surface area contributed by atoms with Crippen LogP contribution in [-0.4, -0.2) is 42.3 Å². The first-order valence-corrected chi connectivity index (χ1v) is 10.9. The lowest BCUT2D eigenvalue weighted by Gasteiger charge is -2.27. The number of hydrogen-bond donors (Lipinski definition) is 0. The molecule has 31 heavy (non-hydrogen) atoms. The van der Waals surface area contributed by atoms with Gasteiger partial charge in [0, 0.05) is 65.3 Å². The van der Waals surface area contributed by atoms with Crippen LogP contribution < -0.4 is 14.7 Å². The molecule has 3 rings (SSSR count). The van der Waals surface area contributed by atoms with Crippen LogP contribution in [0.5, 0.6) is 0 Å². The van der Waals surface area contributed by atoms with E-state index in [4.69, 9.17) is 0 Å². The quantitative estimate of drug-likeness (QED) is 0.458. The van der Waals surface area contributed by atoms with Gasteiger partial charge in [0.05, 0.1) is 0 Å². The Hall–Kier alpha value is -2.94. The van der Waals surface area contributed by atoms with Crippen LogP contribution in [0.1, 0.15) is 39.3 Å². The SMILES string of the molecule is Cc1cc(N(C)C)ccc1C(c1ccc(N(C)C)cc1C)c1ccc(N(C)C)cc1C. The molecule has 3 heteroatoms. The molecule has 0 aliphatic rings. The van der Waals surface area contributed by atoms with Crippen molar-refractivity contribution in [1.82, 2.24) is 0 Å². The normalized spacial score (nSPS) is 11.0. The van der Waals surface area contributed by atoms with E-state index in [1.54, 1.807) is 0 Å². The summed E-state index contributed by atoms with van der Waals surface area (Å²) >= 11 is 0. The molecule has 0 saturated carbocycles. The van der Waals surface area contributed by atoms with E-state index in [0.717, 1.165) is 0 Å². The fourth-order valence-electron chi connectivity index (χ4n) is 4.29. The van der Waals surface area contributed by atoms with Crippen LogP contribution >= 0.6 is 0 Å². The van der Waals surface area contributed by atoms with Gasteiger partial charge in [-0.25, -0.2) is 0 Å². The largest absolute Gasteiger partial charge is 0.378 e. The van der Waals surface area contributed by atoms with Gasteiger partial charge in [0.15, 0.2) is 0 Å². The van der Waals surface area contributed by atoms with Crippen LogP contribution in [-0.2, 0) is 0 Å². The molecular weight excluding hydrogens is 378 g/mol. The average Bonchev–Trinajstić information content (AvgIpc) is 2.70. The maximum absolute atomic E-state index is 2.31. The van der Waals surface area contributed by atoms with E-state index in [9.17, 15) is 0 Å². The Morgan fingerprint density at radius 1 is 0.452 bits per heavy atom. The summed E-state index contributed by atoms with van der Waals surface area (Å²) in [5.74, 6) is 0.198. The van der Waals surface area contributed by atoms with Gasteiger partial charge in [0.2, 0.25) is 0 Å². The summed E-state index contributed by atoms with van der Waals surface area (Å²) in [4.78, 5) is 6.50. The van der Waals surface area contributed by atoms with Crippen molar-refractivity contribution >= 4 is 17.1 Å². The van der Waals surface area contributed by atoms with Crippen molar-refractivity contribution in [3.8, 4) is 0 Å². The Kier molecular flexibility index (Phi) is 6.64. The molecule has 0 aliphatic carbocycles. The monoisotopic (exact) mass is 415 g/mol. The molecule has 0 spiro atoms. The highest BCUT2D eigenvalue weighted by Crippen LogP contribution is 2.39. The second-order valence-electron chi connectivity index (χ2n) is 9.24. The van der Waals surface area contributed by atoms with Crippen molar-refractivity contribution in [2.45, 2.75) is 26.7 Å². The topological polar surface area (TPSA) is 9.72 Å². The van der Waals surface area contributed by atoms with E-state index < -0.39 is 0 Å². The average molecular weight is 416 g/mol. The lowest BCUT2D eigenvalue weighted by Crippen LogP contribution is -2.14. The zero-order valence-corrected chi connectivity index (χ0v) is 20.6. The fraction of sp³-hybridized carbons (Fsp3) is 0.357. The molecule has 164 valence electrons. The van der Waals surface area contributed by atoms with E-state index in [1.807, 2.05) is 0 Å². The zero-order valence-electron chi connectivity index (χ0n) is 20.6. The van der Waals surface area contributed by atoms with Gasteiger partial charge in [-0.3, -0.25) is 0 Å². The second-order valence-corrected chi connectivity index (χ2v) is 9.24. The minimum absolute atomic E-state index is 0.198. The second kappa shape index (κ2) is 9.05. The van der Waals surface area contributed by atoms with Gasteiger partial charge in [0.25, 0.3) is 0 Å². The van der Waals surface area contributed by atoms with Crippen molar-refractivity contribution in [1.29, 1.82) is 0 Å². The molecule has 0 N–H and O–H groups in total. The van der Waals surface area contributed by atoms with Gasteiger partial charge in [-0.05, 0) is 90.6 Å². The van der Waals surface area contributed by atoms with Crippen LogP contribution in [0, 0.1) is 20.8 Å². The minimum atomic E-state index is 0.198. The van der Waals surface area contributed by atoms with E-state index in [-0.39, 0.29) is 5.92 Å². The summed E-state index contributed by atoms with van der Waals surface area (Å²) in [7, 11) is 12.6. The van der Waals surface area contributed by atoms with E-state index in [2.05, 4.69) is 132 Å². The Bertz CT molecular complexity index is 927. The highest BCUT2D eigenvalue weighted by Gasteiger charge is 2.23. The van der Waals surface area contributed by atoms with Gasteiger partial charge in [0.1, 0.15) is 0 Å². The molecule has 3 nitrogen and oxygen atoms in total. The van der Waals surface area contributed by atoms with Crippen molar-refractivity contribution in [3.05, 3.63) is 88.0 Å². The van der Waals surface area contributed by atoms with Crippen molar-refractivity contribution < 1.29 is 0 Å². The smallest absolute Gasteiger partial charge is 0.0363 e. The first-order chi connectivity index (χ1) is 14.6. The standard InChI is InChI=1S/C28H37N3/c1-19-16-22(29(4)5)10-13-25(19)28(26-14-11-23(30(6)7)17-20(26)2)27-15-12-24(31(8)9)18-21(27)3/h10-18,28H,1-9H3. The molecule has 0 bridgehead atoms. The maximum atomic E-state index is 2.31. The molecular formula is C28H37N3. The molecule has 3 aromatic carbocycles. The van der Waals surface area contributed by atoms with Crippen molar-refractivity contribution in [2.24, 2.45) is 0 Å². The van der Waals surface area contributed by atoms with Gasteiger partial charge < -0.3 is 14.7 Å². The number of rotatable bonds is 6. The molecule has 0 atom stereocenters. The van der Waals surface area contributed by atoms with Crippen molar-refractivity contribution in [3.63, 3.8) is 0 Å². The molecule has 0 amide bonds. The van der Waals surface area contributed by atoms with Crippen LogP contribution in [0.4, 0.5) is 17.1 Å². The molecule has 0 aliphatic heterocycles. The predicted octanol–water partition coefficient (Wildman–Crippen LogP) is 5.99. The Morgan fingerprint density at radius 3 is 0.903 bits per heavy atom. The molecule has 0 fully saturated rings. The number of anilines is 3. The molecule has 0 heterocycles. The number of aryl methyl sites for hydroxylation is 3. The molecule has 0 unspecified atom stereocenters. The molecule has 0 saturated heterocycles. The highest BCUT2D eigenvalue weighted by atomic mass is 15.1. The van der Waals surface area contributed by atoms with Crippen molar-refractivity contribution in [2.75, 3.05) is 57.0 Å². The van der Waals surface area contributed by atoms with Crippen LogP contribution in [0.15, 0.2) is 54.6 Å². The first-order valence-electron chi connectivity index (χ1n) is 10.9. The summed E-state index contributed by atoms with van der Waals surface area (Å²) in [6.45, 7) is 6.72. The van der Waals surface area contributed by atoms with E-state index in [0.29, 0.717) is 0 Å². The third-order valence-corrected chi connectivity index (χ3v) is 6.24. The lowest BCUT2D eigenvalue weighted by molar-refractivity contribution is 0.932. The van der Waals surface area contributed by atoms with Gasteiger partial charge in [-0.2, -0.15) is 0 Å². The summed E-state index contributed by atoms with van der Waals surface area (Å²) < 4.78 is 0. The summed E-state index contributed by atoms with van der Waals surface area (Å²) in [6.07, 6.45) is 0. The summed E-state index contributed by atoms with van der Waals surface area (Å²) in [6, 6.07) is 20.6. The molecule has 0 radical (unpaired) electrons. The van der Waals surface area contributed by atoms with Crippen LogP contribution in [0.3, 0.4) is 0 Å².